The zero-order valence-electron chi connectivity index (χ0n) is 12.7. The van der Waals surface area contributed by atoms with Gasteiger partial charge >= 0.3 is 0 Å². The summed E-state index contributed by atoms with van der Waals surface area (Å²) >= 11 is 6.62. The van der Waals surface area contributed by atoms with E-state index >= 15 is 0 Å². The number of carbonyl (C=O) groups excluding carboxylic acids is 2. The summed E-state index contributed by atoms with van der Waals surface area (Å²) in [6.45, 7) is 0. The average molecular weight is 453 g/mol. The molecule has 6 heteroatoms. The third-order valence-electron chi connectivity index (χ3n) is 3.27. The van der Waals surface area contributed by atoms with Crippen LogP contribution >= 0.6 is 31.9 Å². The van der Waals surface area contributed by atoms with Gasteiger partial charge in [-0.2, -0.15) is 0 Å². The van der Waals surface area contributed by atoms with Gasteiger partial charge in [-0.1, -0.05) is 44.0 Å². The van der Waals surface area contributed by atoms with Gasteiger partial charge in [0.25, 0.3) is 0 Å². The molecule has 124 valence electrons. The van der Waals surface area contributed by atoms with Crippen LogP contribution in [-0.2, 0) is 16.0 Å². The molecule has 0 spiro atoms. The summed E-state index contributed by atoms with van der Waals surface area (Å²) in [5, 5.41) is 9.67. The number of phenolic OH excluding ortho intramolecular Hbond substituents is 1. The van der Waals surface area contributed by atoms with Crippen LogP contribution in [0.15, 0.2) is 56.4 Å². The smallest absolute Gasteiger partial charge is 0.246 e. The highest BCUT2D eigenvalue weighted by Gasteiger charge is 2.08. The Morgan fingerprint density at radius 3 is 2.38 bits per heavy atom. The summed E-state index contributed by atoms with van der Waals surface area (Å²) in [5.41, 5.74) is 1.36. The van der Waals surface area contributed by atoms with Crippen molar-refractivity contribution >= 4 is 49.8 Å². The van der Waals surface area contributed by atoms with Crippen molar-refractivity contribution < 1.29 is 14.7 Å². The highest BCUT2D eigenvalue weighted by atomic mass is 79.9. The van der Waals surface area contributed by atoms with E-state index < -0.39 is 5.91 Å². The lowest BCUT2D eigenvalue weighted by atomic mass is 10.1. The number of phenols is 1. The fourth-order valence-electron chi connectivity index (χ4n) is 2.00. The minimum absolute atomic E-state index is 0.00817. The molecule has 0 aliphatic heterocycles. The van der Waals surface area contributed by atoms with Crippen LogP contribution in [0, 0.1) is 0 Å². The van der Waals surface area contributed by atoms with E-state index in [4.69, 9.17) is 0 Å². The van der Waals surface area contributed by atoms with Crippen LogP contribution < -0.4 is 0 Å². The van der Waals surface area contributed by atoms with E-state index in [2.05, 4.69) is 36.9 Å². The fraction of sp³-hybridized carbons (Fsp3) is 0.167. The number of hydrogen-bond acceptors (Lipinski definition) is 3. The summed E-state index contributed by atoms with van der Waals surface area (Å²) in [5.74, 6) is -0.356. The Bertz CT molecular complexity index is 770. The van der Waals surface area contributed by atoms with Crippen molar-refractivity contribution in [3.05, 3.63) is 62.5 Å². The molecule has 1 N–H and O–H groups in total. The second-order valence-electron chi connectivity index (χ2n) is 5.20. The molecule has 0 aromatic heterocycles. The van der Waals surface area contributed by atoms with Gasteiger partial charge in [0.1, 0.15) is 11.5 Å². The number of rotatable bonds is 6. The third-order valence-corrected chi connectivity index (χ3v) is 4.29. The van der Waals surface area contributed by atoms with E-state index in [1.807, 2.05) is 24.3 Å². The SMILES string of the molecule is O=C(CCC(=O)N=Cc1cc(Br)ccc1O)Cc1ccc(Br)cc1. The molecule has 0 saturated heterocycles. The lowest BCUT2D eigenvalue weighted by Gasteiger charge is -2.01. The lowest BCUT2D eigenvalue weighted by Crippen LogP contribution is -2.06. The van der Waals surface area contributed by atoms with E-state index in [1.54, 1.807) is 12.1 Å². The number of Topliss-reactive ketones (excluding diaryl/α,β-unsaturated/α-hetero) is 1. The van der Waals surface area contributed by atoms with Gasteiger partial charge in [0.2, 0.25) is 5.91 Å². The lowest BCUT2D eigenvalue weighted by molar-refractivity contribution is -0.123. The molecule has 2 rings (SSSR count). The Balaban J connectivity index is 1.84. The zero-order valence-corrected chi connectivity index (χ0v) is 15.9. The molecule has 24 heavy (non-hydrogen) atoms. The molecular weight excluding hydrogens is 438 g/mol. The molecule has 0 heterocycles. The maximum Gasteiger partial charge on any atom is 0.246 e. The van der Waals surface area contributed by atoms with Gasteiger partial charge in [-0.3, -0.25) is 9.59 Å². The first-order valence-electron chi connectivity index (χ1n) is 7.25. The van der Waals surface area contributed by atoms with Crippen molar-refractivity contribution in [2.24, 2.45) is 4.99 Å². The molecular formula is C18H15Br2NO3. The van der Waals surface area contributed by atoms with Crippen molar-refractivity contribution in [3.8, 4) is 5.75 Å². The van der Waals surface area contributed by atoms with E-state index in [0.29, 0.717) is 12.0 Å². The van der Waals surface area contributed by atoms with Crippen molar-refractivity contribution in [1.82, 2.24) is 0 Å². The second kappa shape index (κ2) is 8.89. The van der Waals surface area contributed by atoms with Crippen LogP contribution in [0.5, 0.6) is 5.75 Å². The van der Waals surface area contributed by atoms with E-state index in [-0.39, 0.29) is 24.4 Å². The largest absolute Gasteiger partial charge is 0.507 e. The molecule has 2 aromatic rings. The zero-order chi connectivity index (χ0) is 17.5. The predicted molar refractivity (Wildman–Crippen MR) is 100 cm³/mol. The molecule has 0 unspecified atom stereocenters. The minimum atomic E-state index is -0.390. The molecule has 0 atom stereocenters. The number of nitrogens with zero attached hydrogens (tertiary/aromatic N) is 1. The predicted octanol–water partition coefficient (Wildman–Crippen LogP) is 4.45. The van der Waals surface area contributed by atoms with Gasteiger partial charge in [-0.05, 0) is 35.9 Å². The van der Waals surface area contributed by atoms with E-state index in [0.717, 1.165) is 14.5 Å². The first kappa shape index (κ1) is 18.5. The first-order valence-corrected chi connectivity index (χ1v) is 8.84. The summed E-state index contributed by atoms with van der Waals surface area (Å²) in [4.78, 5) is 27.5. The summed E-state index contributed by atoms with van der Waals surface area (Å²) in [6, 6.07) is 12.4. The summed E-state index contributed by atoms with van der Waals surface area (Å²) < 4.78 is 1.73. The van der Waals surface area contributed by atoms with Crippen LogP contribution in [0.3, 0.4) is 0 Å². The van der Waals surface area contributed by atoms with Crippen molar-refractivity contribution in [2.45, 2.75) is 19.3 Å². The Labute approximate surface area is 156 Å². The number of ketones is 1. The van der Waals surface area contributed by atoms with Crippen LogP contribution in [0.1, 0.15) is 24.0 Å². The molecule has 2 aromatic carbocycles. The fourth-order valence-corrected chi connectivity index (χ4v) is 2.64. The van der Waals surface area contributed by atoms with Gasteiger partial charge in [0.05, 0.1) is 0 Å². The Morgan fingerprint density at radius 2 is 1.67 bits per heavy atom. The van der Waals surface area contributed by atoms with E-state index in [9.17, 15) is 14.7 Å². The maximum absolute atomic E-state index is 11.9. The van der Waals surface area contributed by atoms with Gasteiger partial charge in [-0.15, -0.1) is 0 Å². The molecule has 0 aliphatic carbocycles. The molecule has 0 saturated carbocycles. The molecule has 1 amide bonds. The first-order chi connectivity index (χ1) is 11.4. The Morgan fingerprint density at radius 1 is 1.00 bits per heavy atom. The maximum atomic E-state index is 11.9. The monoisotopic (exact) mass is 451 g/mol. The summed E-state index contributed by atoms with van der Waals surface area (Å²) in [6.07, 6.45) is 1.82. The quantitative estimate of drug-likeness (QED) is 0.658. The van der Waals surface area contributed by atoms with Gasteiger partial charge in [0.15, 0.2) is 0 Å². The van der Waals surface area contributed by atoms with Crippen LogP contribution in [0.4, 0.5) is 0 Å². The Kier molecular flexibility index (Phi) is 6.87. The standard InChI is InChI=1S/C18H15Br2NO3/c19-14-3-1-12(2-4-14)9-16(22)6-8-18(24)21-11-13-10-15(20)5-7-17(13)23/h1-5,7,10-11,23H,6,8-9H2. The van der Waals surface area contributed by atoms with Crippen LogP contribution in [0.2, 0.25) is 0 Å². The van der Waals surface area contributed by atoms with Crippen molar-refractivity contribution in [3.63, 3.8) is 0 Å². The average Bonchev–Trinajstić information content (AvgIpc) is 2.56. The van der Waals surface area contributed by atoms with Gasteiger partial charge in [0, 0.05) is 40.0 Å². The number of aromatic hydroxyl groups is 1. The van der Waals surface area contributed by atoms with Gasteiger partial charge in [-0.25, -0.2) is 4.99 Å². The molecule has 0 radical (unpaired) electrons. The molecule has 0 bridgehead atoms. The number of amides is 1. The number of halogens is 2. The number of benzene rings is 2. The second-order valence-corrected chi connectivity index (χ2v) is 7.03. The highest BCUT2D eigenvalue weighted by molar-refractivity contribution is 9.10. The van der Waals surface area contributed by atoms with E-state index in [1.165, 1.54) is 12.3 Å². The minimum Gasteiger partial charge on any atom is -0.507 e. The number of carbonyl (C=O) groups is 2. The van der Waals surface area contributed by atoms with Crippen molar-refractivity contribution in [1.29, 1.82) is 0 Å². The summed E-state index contributed by atoms with van der Waals surface area (Å²) in [7, 11) is 0. The molecule has 4 nitrogen and oxygen atoms in total. The normalized spacial score (nSPS) is 10.9. The topological polar surface area (TPSA) is 66.7 Å². The van der Waals surface area contributed by atoms with Gasteiger partial charge < -0.3 is 5.11 Å². The van der Waals surface area contributed by atoms with Crippen LogP contribution in [0.25, 0.3) is 0 Å². The number of aliphatic imine (C=N–C) groups is 1. The molecule has 0 aliphatic rings. The number of hydrogen-bond donors (Lipinski definition) is 1. The third kappa shape index (κ3) is 6.02. The van der Waals surface area contributed by atoms with Crippen molar-refractivity contribution in [2.75, 3.05) is 0 Å². The van der Waals surface area contributed by atoms with Crippen LogP contribution in [-0.4, -0.2) is 23.0 Å². The highest BCUT2D eigenvalue weighted by Crippen LogP contribution is 2.20. The Hall–Kier alpha value is -1.79. The molecule has 0 fully saturated rings.